The Hall–Kier alpha value is -3.72. The van der Waals surface area contributed by atoms with E-state index in [9.17, 15) is 4.39 Å². The van der Waals surface area contributed by atoms with E-state index in [2.05, 4.69) is 44.7 Å². The average Bonchev–Trinajstić information content (AvgIpc) is 3.40. The molecule has 0 bridgehead atoms. The normalized spacial score (nSPS) is 12.3. The summed E-state index contributed by atoms with van der Waals surface area (Å²) in [5.41, 5.74) is 12.4. The minimum absolute atomic E-state index is 0.266. The van der Waals surface area contributed by atoms with E-state index in [0.29, 0.717) is 17.7 Å². The van der Waals surface area contributed by atoms with E-state index >= 15 is 0 Å². The monoisotopic (exact) mass is 562 g/mol. The molecule has 0 saturated heterocycles. The van der Waals surface area contributed by atoms with Gasteiger partial charge in [0.05, 0.1) is 5.69 Å². The molecule has 0 amide bonds. The van der Waals surface area contributed by atoms with Gasteiger partial charge in [0.15, 0.2) is 11.6 Å². The van der Waals surface area contributed by atoms with Crippen molar-refractivity contribution in [2.45, 2.75) is 39.8 Å². The third-order valence-electron chi connectivity index (χ3n) is 6.43. The Kier molecular flexibility index (Phi) is 6.72. The van der Waals surface area contributed by atoms with E-state index in [1.54, 1.807) is 23.0 Å². The maximum atomic E-state index is 14.5. The maximum Gasteiger partial charge on any atom is 0.166 e. The third-order valence-corrected chi connectivity index (χ3v) is 6.86. The van der Waals surface area contributed by atoms with Crippen molar-refractivity contribution in [2.24, 2.45) is 7.05 Å². The smallest absolute Gasteiger partial charge is 0.166 e. The van der Waals surface area contributed by atoms with Crippen molar-refractivity contribution in [3.63, 3.8) is 0 Å². The van der Waals surface area contributed by atoms with Gasteiger partial charge in [-0.2, -0.15) is 5.10 Å². The number of nitrogens with zero attached hydrogens (tertiary/aromatic N) is 5. The summed E-state index contributed by atoms with van der Waals surface area (Å²) in [5, 5.41) is 5.90. The number of hydrogen-bond donors (Lipinski definition) is 1. The van der Waals surface area contributed by atoms with E-state index in [1.165, 1.54) is 17.7 Å². The van der Waals surface area contributed by atoms with Gasteiger partial charge in [-0.3, -0.25) is 4.68 Å². The van der Waals surface area contributed by atoms with E-state index in [0.717, 1.165) is 44.6 Å². The van der Waals surface area contributed by atoms with Crippen LogP contribution in [0.4, 0.5) is 10.2 Å². The average molecular weight is 563 g/mol. The standard InChI is InChI=1S/C28H28BrFN6O/c1-5-36-15-18(22-8-6-16(2)33-28(22)36)10-19-14-35(4)34-26(19)23-9-7-21(30)12-24(23)17(3)37-25-11-20(29)13-32-27(25)31/h6-9,11-15,17H,5,10H2,1-4H3,(H2,31,32)/t17-/m1/s1. The maximum absolute atomic E-state index is 14.5. The molecule has 0 fully saturated rings. The highest BCUT2D eigenvalue weighted by Crippen LogP contribution is 2.36. The lowest BCUT2D eigenvalue weighted by atomic mass is 9.95. The van der Waals surface area contributed by atoms with Crippen LogP contribution in [0.3, 0.4) is 0 Å². The van der Waals surface area contributed by atoms with Crippen molar-refractivity contribution in [3.8, 4) is 17.0 Å². The Morgan fingerprint density at radius 2 is 1.95 bits per heavy atom. The van der Waals surface area contributed by atoms with Crippen molar-refractivity contribution in [1.82, 2.24) is 24.3 Å². The highest BCUT2D eigenvalue weighted by molar-refractivity contribution is 9.10. The van der Waals surface area contributed by atoms with Gasteiger partial charge >= 0.3 is 0 Å². The molecule has 190 valence electrons. The van der Waals surface area contributed by atoms with Crippen LogP contribution < -0.4 is 10.5 Å². The molecular weight excluding hydrogens is 535 g/mol. The highest BCUT2D eigenvalue weighted by atomic mass is 79.9. The summed E-state index contributed by atoms with van der Waals surface area (Å²) >= 11 is 3.40. The zero-order chi connectivity index (χ0) is 26.3. The van der Waals surface area contributed by atoms with Gasteiger partial charge in [-0.15, -0.1) is 0 Å². The van der Waals surface area contributed by atoms with Crippen LogP contribution >= 0.6 is 15.9 Å². The summed E-state index contributed by atoms with van der Waals surface area (Å²) in [6.45, 7) is 6.81. The van der Waals surface area contributed by atoms with E-state index in [4.69, 9.17) is 20.6 Å². The van der Waals surface area contributed by atoms with Crippen LogP contribution in [0.5, 0.6) is 5.75 Å². The summed E-state index contributed by atoms with van der Waals surface area (Å²) in [6.07, 6.45) is 5.93. The molecule has 5 rings (SSSR count). The van der Waals surface area contributed by atoms with E-state index in [1.807, 2.05) is 33.2 Å². The number of anilines is 1. The number of ether oxygens (including phenoxy) is 1. The lowest BCUT2D eigenvalue weighted by molar-refractivity contribution is 0.227. The molecule has 0 radical (unpaired) electrons. The molecule has 0 aliphatic rings. The molecule has 0 aliphatic heterocycles. The summed E-state index contributed by atoms with van der Waals surface area (Å²) in [7, 11) is 1.89. The first-order valence-corrected chi connectivity index (χ1v) is 12.9. The van der Waals surface area contributed by atoms with Crippen LogP contribution in [0, 0.1) is 12.7 Å². The summed E-state index contributed by atoms with van der Waals surface area (Å²) in [5.74, 6) is 0.343. The van der Waals surface area contributed by atoms with Crippen molar-refractivity contribution >= 4 is 32.8 Å². The van der Waals surface area contributed by atoms with Gasteiger partial charge in [-0.05, 0) is 78.7 Å². The SMILES string of the molecule is CCn1cc(Cc2cn(C)nc2-c2ccc(F)cc2[C@@H](C)Oc2cc(Br)cnc2N)c2ccc(C)nc21. The van der Waals surface area contributed by atoms with Gasteiger partial charge in [-0.1, -0.05) is 0 Å². The highest BCUT2D eigenvalue weighted by Gasteiger charge is 2.22. The third kappa shape index (κ3) is 4.96. The molecular formula is C28H28BrFN6O. The van der Waals surface area contributed by atoms with Crippen LogP contribution in [0.25, 0.3) is 22.3 Å². The second-order valence-corrected chi connectivity index (χ2v) is 10.1. The molecule has 1 atom stereocenters. The van der Waals surface area contributed by atoms with Crippen molar-refractivity contribution in [1.29, 1.82) is 0 Å². The predicted molar refractivity (Wildman–Crippen MR) is 147 cm³/mol. The van der Waals surface area contributed by atoms with Crippen molar-refractivity contribution in [3.05, 3.63) is 87.7 Å². The van der Waals surface area contributed by atoms with Crippen molar-refractivity contribution in [2.75, 3.05) is 5.73 Å². The number of rotatable bonds is 7. The van der Waals surface area contributed by atoms with Gasteiger partial charge in [0.1, 0.15) is 17.6 Å². The van der Waals surface area contributed by atoms with E-state index in [-0.39, 0.29) is 11.6 Å². The molecule has 7 nitrogen and oxygen atoms in total. The van der Waals surface area contributed by atoms with Gasteiger partial charge < -0.3 is 15.0 Å². The lowest BCUT2D eigenvalue weighted by Gasteiger charge is -2.19. The number of fused-ring (bicyclic) bond motifs is 1. The lowest BCUT2D eigenvalue weighted by Crippen LogP contribution is -2.08. The molecule has 4 heterocycles. The number of nitrogen functional groups attached to an aromatic ring is 1. The fourth-order valence-corrected chi connectivity index (χ4v) is 4.99. The van der Waals surface area contributed by atoms with Gasteiger partial charge in [-0.25, -0.2) is 14.4 Å². The van der Waals surface area contributed by atoms with Crippen LogP contribution in [-0.4, -0.2) is 24.3 Å². The fourth-order valence-electron chi connectivity index (χ4n) is 4.68. The zero-order valence-corrected chi connectivity index (χ0v) is 22.8. The molecule has 0 saturated carbocycles. The Morgan fingerprint density at radius 3 is 2.73 bits per heavy atom. The minimum Gasteiger partial charge on any atom is -0.482 e. The van der Waals surface area contributed by atoms with Crippen LogP contribution in [0.2, 0.25) is 0 Å². The molecule has 0 unspecified atom stereocenters. The predicted octanol–water partition coefficient (Wildman–Crippen LogP) is 6.37. The molecule has 2 N–H and O–H groups in total. The quantitative estimate of drug-likeness (QED) is 0.249. The largest absolute Gasteiger partial charge is 0.482 e. The molecule has 0 aliphatic carbocycles. The minimum atomic E-state index is -0.506. The van der Waals surface area contributed by atoms with E-state index < -0.39 is 6.10 Å². The number of halogens is 2. The molecule has 4 aromatic heterocycles. The number of hydrogen-bond acceptors (Lipinski definition) is 5. The first-order valence-electron chi connectivity index (χ1n) is 12.1. The van der Waals surface area contributed by atoms with Gasteiger partial charge in [0.2, 0.25) is 0 Å². The molecule has 5 aromatic rings. The van der Waals surface area contributed by atoms with Crippen LogP contribution in [0.1, 0.15) is 42.3 Å². The Balaban J connectivity index is 1.56. The first-order chi connectivity index (χ1) is 17.7. The molecule has 1 aromatic carbocycles. The molecule has 0 spiro atoms. The molecule has 9 heteroatoms. The first kappa shape index (κ1) is 25.0. The molecule has 37 heavy (non-hydrogen) atoms. The fraction of sp³-hybridized carbons (Fsp3) is 0.250. The second-order valence-electron chi connectivity index (χ2n) is 9.15. The van der Waals surface area contributed by atoms with Gasteiger partial charge in [0.25, 0.3) is 0 Å². The number of nitrogens with two attached hydrogens (primary N) is 1. The Bertz CT molecular complexity index is 1610. The number of pyridine rings is 2. The van der Waals surface area contributed by atoms with Crippen LogP contribution in [0.15, 0.2) is 59.5 Å². The summed E-state index contributed by atoms with van der Waals surface area (Å²) in [4.78, 5) is 8.90. The summed E-state index contributed by atoms with van der Waals surface area (Å²) < 4.78 is 25.3. The number of aromatic nitrogens is 5. The topological polar surface area (TPSA) is 83.8 Å². The second kappa shape index (κ2) is 9.97. The Morgan fingerprint density at radius 1 is 1.14 bits per heavy atom. The van der Waals surface area contributed by atoms with Crippen molar-refractivity contribution < 1.29 is 9.13 Å². The Labute approximate surface area is 223 Å². The number of benzene rings is 1. The van der Waals surface area contributed by atoms with Gasteiger partial charge in [0, 0.05) is 70.8 Å². The summed E-state index contributed by atoms with van der Waals surface area (Å²) in [6, 6.07) is 10.6. The zero-order valence-electron chi connectivity index (χ0n) is 21.2. The number of aryl methyl sites for hydroxylation is 3. The van der Waals surface area contributed by atoms with Crippen LogP contribution in [-0.2, 0) is 20.0 Å².